The Morgan fingerprint density at radius 2 is 1.55 bits per heavy atom. The number of hydrogen-bond donors (Lipinski definition) is 1. The van der Waals surface area contributed by atoms with Gasteiger partial charge in [-0.05, 0) is 36.1 Å². The summed E-state index contributed by atoms with van der Waals surface area (Å²) in [5.74, 6) is -1.16. The lowest BCUT2D eigenvalue weighted by molar-refractivity contribution is -0.122. The van der Waals surface area contributed by atoms with Crippen LogP contribution in [0.25, 0.3) is 10.8 Å². The number of nitrogens with zero attached hydrogens (tertiary/aromatic N) is 2. The van der Waals surface area contributed by atoms with Crippen molar-refractivity contribution in [1.82, 2.24) is 4.90 Å². The summed E-state index contributed by atoms with van der Waals surface area (Å²) in [5, 5.41) is 4.29. The summed E-state index contributed by atoms with van der Waals surface area (Å²) in [6.45, 7) is 0.0859. The van der Waals surface area contributed by atoms with Gasteiger partial charge in [0.1, 0.15) is 6.54 Å². The lowest BCUT2D eigenvalue weighted by Crippen LogP contribution is -2.43. The molecule has 0 saturated heterocycles. The molecule has 0 saturated carbocycles. The monoisotopic (exact) mass is 413 g/mol. The summed E-state index contributed by atoms with van der Waals surface area (Å²) >= 11 is 0. The van der Waals surface area contributed by atoms with E-state index in [1.807, 2.05) is 12.1 Å². The summed E-state index contributed by atoms with van der Waals surface area (Å²) in [5.41, 5.74) is 2.25. The standard InChI is InChI=1S/C24H19N3O4/c28-20-14-27(19-11-2-1-10-18(19)25-20)21(29)12-5-13-26-23(30)16-8-3-6-15-7-4-9-17(22(15)16)24(26)31/h1-4,6-11H,5,12-14H2,(H,25,28). The van der Waals surface area contributed by atoms with Crippen LogP contribution in [0.15, 0.2) is 60.7 Å². The molecule has 1 N–H and O–H groups in total. The van der Waals surface area contributed by atoms with Gasteiger partial charge < -0.3 is 10.2 Å². The molecule has 3 aromatic rings. The van der Waals surface area contributed by atoms with Crippen LogP contribution in [-0.4, -0.2) is 41.6 Å². The van der Waals surface area contributed by atoms with Crippen LogP contribution in [0.1, 0.15) is 33.6 Å². The Labute approximate surface area is 178 Å². The van der Waals surface area contributed by atoms with Crippen LogP contribution in [-0.2, 0) is 9.59 Å². The molecule has 0 spiro atoms. The SMILES string of the molecule is O=C1CN(C(=O)CCCN2C(=O)c3cccc4cccc(c34)C2=O)c2ccccc2N1. The van der Waals surface area contributed by atoms with Crippen molar-refractivity contribution in [3.63, 3.8) is 0 Å². The Morgan fingerprint density at radius 1 is 0.871 bits per heavy atom. The van der Waals surface area contributed by atoms with Crippen molar-refractivity contribution < 1.29 is 19.2 Å². The molecule has 0 bridgehead atoms. The summed E-state index contributed by atoms with van der Waals surface area (Å²) in [6.07, 6.45) is 0.430. The van der Waals surface area contributed by atoms with E-state index in [1.165, 1.54) is 9.80 Å². The normalized spacial score (nSPS) is 15.2. The topological polar surface area (TPSA) is 86.8 Å². The van der Waals surface area contributed by atoms with E-state index in [0.717, 1.165) is 5.39 Å². The molecule has 154 valence electrons. The molecule has 0 aromatic heterocycles. The first-order valence-electron chi connectivity index (χ1n) is 10.1. The van der Waals surface area contributed by atoms with Gasteiger partial charge in [0.05, 0.1) is 11.4 Å². The second kappa shape index (κ2) is 7.36. The number of benzene rings is 3. The predicted octanol–water partition coefficient (Wildman–Crippen LogP) is 3.20. The van der Waals surface area contributed by atoms with Crippen LogP contribution in [0, 0.1) is 0 Å². The Bertz CT molecular complexity index is 1220. The number of carbonyl (C=O) groups excluding carboxylic acids is 4. The van der Waals surface area contributed by atoms with E-state index < -0.39 is 0 Å². The van der Waals surface area contributed by atoms with Crippen molar-refractivity contribution in [2.45, 2.75) is 12.8 Å². The van der Waals surface area contributed by atoms with Crippen molar-refractivity contribution in [2.24, 2.45) is 0 Å². The molecule has 31 heavy (non-hydrogen) atoms. The quantitative estimate of drug-likeness (QED) is 0.666. The van der Waals surface area contributed by atoms with Crippen LogP contribution in [0.3, 0.4) is 0 Å². The maximum Gasteiger partial charge on any atom is 0.261 e. The molecular formula is C24H19N3O4. The van der Waals surface area contributed by atoms with Crippen LogP contribution in [0.4, 0.5) is 11.4 Å². The number of imide groups is 1. The fourth-order valence-electron chi connectivity index (χ4n) is 4.26. The van der Waals surface area contributed by atoms with Crippen LogP contribution in [0.5, 0.6) is 0 Å². The smallest absolute Gasteiger partial charge is 0.261 e. The van der Waals surface area contributed by atoms with E-state index >= 15 is 0 Å². The van der Waals surface area contributed by atoms with Crippen molar-refractivity contribution in [3.8, 4) is 0 Å². The van der Waals surface area contributed by atoms with Gasteiger partial charge in [-0.1, -0.05) is 36.4 Å². The van der Waals surface area contributed by atoms with E-state index in [2.05, 4.69) is 5.32 Å². The van der Waals surface area contributed by atoms with Crippen LogP contribution >= 0.6 is 0 Å². The molecular weight excluding hydrogens is 394 g/mol. The second-order valence-corrected chi connectivity index (χ2v) is 7.62. The van der Waals surface area contributed by atoms with Gasteiger partial charge in [0.15, 0.2) is 0 Å². The lowest BCUT2D eigenvalue weighted by atomic mass is 9.94. The van der Waals surface area contributed by atoms with E-state index in [0.29, 0.717) is 34.3 Å². The number of rotatable bonds is 4. The molecule has 3 aromatic carbocycles. The molecule has 2 aliphatic rings. The van der Waals surface area contributed by atoms with E-state index in [4.69, 9.17) is 0 Å². The molecule has 4 amide bonds. The van der Waals surface area contributed by atoms with Gasteiger partial charge in [-0.25, -0.2) is 0 Å². The van der Waals surface area contributed by atoms with Gasteiger partial charge in [-0.2, -0.15) is 0 Å². The second-order valence-electron chi connectivity index (χ2n) is 7.62. The zero-order valence-corrected chi connectivity index (χ0v) is 16.6. The van der Waals surface area contributed by atoms with Crippen molar-refractivity contribution >= 4 is 45.8 Å². The van der Waals surface area contributed by atoms with Gasteiger partial charge in [0.2, 0.25) is 11.8 Å². The Morgan fingerprint density at radius 3 is 2.26 bits per heavy atom. The Balaban J connectivity index is 1.31. The highest BCUT2D eigenvalue weighted by atomic mass is 16.2. The van der Waals surface area contributed by atoms with Crippen LogP contribution < -0.4 is 10.2 Å². The number of amides is 4. The van der Waals surface area contributed by atoms with Gasteiger partial charge in [-0.15, -0.1) is 0 Å². The lowest BCUT2D eigenvalue weighted by Gasteiger charge is -2.30. The van der Waals surface area contributed by atoms with Gasteiger partial charge >= 0.3 is 0 Å². The fraction of sp³-hybridized carbons (Fsp3) is 0.167. The molecule has 7 nitrogen and oxygen atoms in total. The summed E-state index contributed by atoms with van der Waals surface area (Å²) in [6, 6.07) is 17.9. The maximum atomic E-state index is 13.0. The Kier molecular flexibility index (Phi) is 4.51. The third-order valence-corrected chi connectivity index (χ3v) is 5.70. The van der Waals surface area contributed by atoms with Crippen molar-refractivity contribution in [1.29, 1.82) is 0 Å². The number of anilines is 2. The highest BCUT2D eigenvalue weighted by Gasteiger charge is 2.33. The van der Waals surface area contributed by atoms with Crippen molar-refractivity contribution in [2.75, 3.05) is 23.3 Å². The van der Waals surface area contributed by atoms with Gasteiger partial charge in [-0.3, -0.25) is 24.1 Å². The minimum absolute atomic E-state index is 0.0488. The first-order valence-corrected chi connectivity index (χ1v) is 10.1. The first kappa shape index (κ1) is 19.0. The van der Waals surface area contributed by atoms with E-state index in [9.17, 15) is 19.2 Å². The maximum absolute atomic E-state index is 13.0. The van der Waals surface area contributed by atoms with Gasteiger partial charge in [0.25, 0.3) is 11.8 Å². The molecule has 2 heterocycles. The highest BCUT2D eigenvalue weighted by Crippen LogP contribution is 2.31. The average Bonchev–Trinajstić information content (AvgIpc) is 2.78. The number of fused-ring (bicyclic) bond motifs is 1. The van der Waals surface area contributed by atoms with Crippen LogP contribution in [0.2, 0.25) is 0 Å². The zero-order valence-electron chi connectivity index (χ0n) is 16.6. The van der Waals surface area contributed by atoms with E-state index in [-0.39, 0.29) is 43.1 Å². The molecule has 0 radical (unpaired) electrons. The van der Waals surface area contributed by atoms with E-state index in [1.54, 1.807) is 48.5 Å². The molecule has 0 fully saturated rings. The third kappa shape index (κ3) is 3.15. The summed E-state index contributed by atoms with van der Waals surface area (Å²) in [4.78, 5) is 53.3. The first-order chi connectivity index (χ1) is 15.0. The third-order valence-electron chi connectivity index (χ3n) is 5.70. The highest BCUT2D eigenvalue weighted by molar-refractivity contribution is 6.25. The van der Waals surface area contributed by atoms with Gasteiger partial charge in [0, 0.05) is 29.5 Å². The molecule has 2 aliphatic heterocycles. The van der Waals surface area contributed by atoms with Crippen molar-refractivity contribution in [3.05, 3.63) is 71.8 Å². The molecule has 5 rings (SSSR count). The number of hydrogen-bond acceptors (Lipinski definition) is 4. The predicted molar refractivity (Wildman–Crippen MR) is 116 cm³/mol. The fourth-order valence-corrected chi connectivity index (χ4v) is 4.26. The molecule has 0 unspecified atom stereocenters. The summed E-state index contributed by atoms with van der Waals surface area (Å²) < 4.78 is 0. The number of para-hydroxylation sites is 2. The molecule has 0 aliphatic carbocycles. The Hall–Kier alpha value is -4.00. The minimum atomic E-state index is -0.343. The minimum Gasteiger partial charge on any atom is -0.323 e. The number of nitrogens with one attached hydrogen (secondary N) is 1. The molecule has 0 atom stereocenters. The number of carbonyl (C=O) groups is 4. The molecule has 7 heteroatoms. The summed E-state index contributed by atoms with van der Waals surface area (Å²) in [7, 11) is 0. The largest absolute Gasteiger partial charge is 0.323 e. The zero-order chi connectivity index (χ0) is 21.5. The average molecular weight is 413 g/mol.